The van der Waals surface area contributed by atoms with Crippen molar-refractivity contribution in [2.75, 3.05) is 18.6 Å². The van der Waals surface area contributed by atoms with Gasteiger partial charge in [0.1, 0.15) is 0 Å². The first kappa shape index (κ1) is 11.8. The van der Waals surface area contributed by atoms with Crippen LogP contribution in [0.2, 0.25) is 0 Å². The van der Waals surface area contributed by atoms with E-state index in [1.807, 2.05) is 0 Å². The fourth-order valence-corrected chi connectivity index (χ4v) is 1.48. The monoisotopic (exact) mass is 244 g/mol. The molecule has 0 saturated heterocycles. The van der Waals surface area contributed by atoms with Gasteiger partial charge in [-0.05, 0) is 12.1 Å². The van der Waals surface area contributed by atoms with E-state index in [2.05, 4.69) is 14.7 Å². The molecule has 6 nitrogen and oxygen atoms in total. The van der Waals surface area contributed by atoms with Crippen LogP contribution in [0.3, 0.4) is 0 Å². The summed E-state index contributed by atoms with van der Waals surface area (Å²) in [5, 5.41) is 0. The highest BCUT2D eigenvalue weighted by atomic mass is 16.5. The number of rotatable bonds is 2. The van der Waals surface area contributed by atoms with Gasteiger partial charge in [-0.15, -0.1) is 0 Å². The highest BCUT2D eigenvalue weighted by molar-refractivity contribution is 5.90. The van der Waals surface area contributed by atoms with Crippen LogP contribution in [-0.2, 0) is 4.74 Å². The molecule has 0 radical (unpaired) electrons. The maximum absolute atomic E-state index is 11.4. The molecule has 0 atom stereocenters. The van der Waals surface area contributed by atoms with Crippen LogP contribution >= 0.6 is 0 Å². The number of nitrogens with two attached hydrogens (primary N) is 2. The average Bonchev–Trinajstić information content (AvgIpc) is 2.41. The van der Waals surface area contributed by atoms with Gasteiger partial charge in [0.15, 0.2) is 11.6 Å². The molecule has 4 N–H and O–H groups in total. The summed E-state index contributed by atoms with van der Waals surface area (Å²) in [4.78, 5) is 19.4. The Kier molecular flexibility index (Phi) is 3.09. The second-order valence-corrected chi connectivity index (χ2v) is 3.60. The summed E-state index contributed by atoms with van der Waals surface area (Å²) in [5.41, 5.74) is 12.8. The lowest BCUT2D eigenvalue weighted by atomic mass is 10.1. The second kappa shape index (κ2) is 4.70. The van der Waals surface area contributed by atoms with Crippen molar-refractivity contribution in [1.82, 2.24) is 9.97 Å². The summed E-state index contributed by atoms with van der Waals surface area (Å²) in [7, 11) is 1.33. The zero-order chi connectivity index (χ0) is 13.1. The van der Waals surface area contributed by atoms with E-state index >= 15 is 0 Å². The summed E-state index contributed by atoms with van der Waals surface area (Å²) in [5.74, 6) is -0.0629. The van der Waals surface area contributed by atoms with Crippen LogP contribution in [-0.4, -0.2) is 23.0 Å². The third-order valence-corrected chi connectivity index (χ3v) is 2.41. The van der Waals surface area contributed by atoms with Gasteiger partial charge >= 0.3 is 5.97 Å². The van der Waals surface area contributed by atoms with Gasteiger partial charge < -0.3 is 16.2 Å². The minimum absolute atomic E-state index is 0.163. The minimum atomic E-state index is -0.409. The molecule has 0 amide bonds. The van der Waals surface area contributed by atoms with Gasteiger partial charge in [-0.2, -0.15) is 0 Å². The van der Waals surface area contributed by atoms with Crippen LogP contribution in [0, 0.1) is 0 Å². The summed E-state index contributed by atoms with van der Waals surface area (Å²) < 4.78 is 4.65. The molecule has 0 aliphatic carbocycles. The fourth-order valence-electron chi connectivity index (χ4n) is 1.48. The molecule has 1 aromatic heterocycles. The van der Waals surface area contributed by atoms with Gasteiger partial charge in [0.2, 0.25) is 0 Å². The third-order valence-electron chi connectivity index (χ3n) is 2.41. The Morgan fingerprint density at radius 2 is 2.06 bits per heavy atom. The summed E-state index contributed by atoms with van der Waals surface area (Å²) in [6.07, 6.45) is 1.50. The van der Waals surface area contributed by atoms with Crippen molar-refractivity contribution in [3.63, 3.8) is 0 Å². The number of anilines is 2. The molecule has 0 saturated carbocycles. The third kappa shape index (κ3) is 2.22. The summed E-state index contributed by atoms with van der Waals surface area (Å²) in [6.45, 7) is 0. The molecule has 6 heteroatoms. The van der Waals surface area contributed by atoms with E-state index < -0.39 is 5.97 Å². The second-order valence-electron chi connectivity index (χ2n) is 3.60. The molecule has 92 valence electrons. The van der Waals surface area contributed by atoms with E-state index in [9.17, 15) is 4.79 Å². The van der Waals surface area contributed by atoms with Crippen molar-refractivity contribution in [2.24, 2.45) is 0 Å². The van der Waals surface area contributed by atoms with E-state index in [1.165, 1.54) is 13.3 Å². The topological polar surface area (TPSA) is 104 Å². The van der Waals surface area contributed by atoms with Crippen molar-refractivity contribution in [3.8, 4) is 11.3 Å². The molecular formula is C12H12N4O2. The number of hydrogen-bond acceptors (Lipinski definition) is 6. The Morgan fingerprint density at radius 3 is 2.72 bits per heavy atom. The highest BCUT2D eigenvalue weighted by Crippen LogP contribution is 2.20. The minimum Gasteiger partial charge on any atom is -0.465 e. The predicted octanol–water partition coefficient (Wildman–Crippen LogP) is 1.09. The van der Waals surface area contributed by atoms with Gasteiger partial charge in [-0.3, -0.25) is 0 Å². The van der Waals surface area contributed by atoms with E-state index in [0.717, 1.165) is 5.56 Å². The van der Waals surface area contributed by atoms with Crippen molar-refractivity contribution < 1.29 is 9.53 Å². The molecule has 0 aliphatic heterocycles. The number of esters is 1. The van der Waals surface area contributed by atoms with Crippen LogP contribution in [0.15, 0.2) is 30.5 Å². The van der Waals surface area contributed by atoms with Crippen LogP contribution in [0.25, 0.3) is 11.3 Å². The number of carbonyl (C=O) groups is 1. The summed E-state index contributed by atoms with van der Waals surface area (Å²) >= 11 is 0. The Bertz CT molecular complexity index is 598. The van der Waals surface area contributed by atoms with Crippen molar-refractivity contribution in [2.45, 2.75) is 0 Å². The Morgan fingerprint density at radius 1 is 1.28 bits per heavy atom. The largest absolute Gasteiger partial charge is 0.465 e. The Labute approximate surface area is 104 Å². The van der Waals surface area contributed by atoms with E-state index in [1.54, 1.807) is 24.3 Å². The standard InChI is InChI=1S/C12H12N4O2/c1-18-12(17)8-4-2-3-7(5-8)9-6-15-10(13)11(14)16-9/h2-6H,1H3,(H2,13,15)(H2,14,16). The lowest BCUT2D eigenvalue weighted by Gasteiger charge is -2.05. The molecule has 1 aromatic carbocycles. The smallest absolute Gasteiger partial charge is 0.337 e. The van der Waals surface area contributed by atoms with Crippen LogP contribution in [0.5, 0.6) is 0 Å². The van der Waals surface area contributed by atoms with Gasteiger partial charge in [0, 0.05) is 5.56 Å². The molecule has 2 rings (SSSR count). The van der Waals surface area contributed by atoms with E-state index in [0.29, 0.717) is 11.3 Å². The first-order chi connectivity index (χ1) is 8.61. The molecule has 18 heavy (non-hydrogen) atoms. The number of hydrogen-bond donors (Lipinski definition) is 2. The number of aromatic nitrogens is 2. The number of methoxy groups -OCH3 is 1. The van der Waals surface area contributed by atoms with Crippen LogP contribution < -0.4 is 11.5 Å². The quantitative estimate of drug-likeness (QED) is 0.766. The molecule has 0 aliphatic rings. The van der Waals surface area contributed by atoms with Crippen LogP contribution in [0.4, 0.5) is 11.6 Å². The lowest BCUT2D eigenvalue weighted by molar-refractivity contribution is 0.0601. The maximum Gasteiger partial charge on any atom is 0.337 e. The molecule has 0 fully saturated rings. The average molecular weight is 244 g/mol. The van der Waals surface area contributed by atoms with Gasteiger partial charge in [-0.25, -0.2) is 14.8 Å². The fraction of sp³-hybridized carbons (Fsp3) is 0.0833. The molecule has 0 unspecified atom stereocenters. The van der Waals surface area contributed by atoms with Crippen molar-refractivity contribution in [1.29, 1.82) is 0 Å². The van der Waals surface area contributed by atoms with Gasteiger partial charge in [0.25, 0.3) is 0 Å². The molecule has 1 heterocycles. The Hall–Kier alpha value is -2.63. The molecule has 0 bridgehead atoms. The Balaban J connectivity index is 2.44. The molecular weight excluding hydrogens is 232 g/mol. The zero-order valence-corrected chi connectivity index (χ0v) is 9.75. The van der Waals surface area contributed by atoms with Crippen molar-refractivity contribution in [3.05, 3.63) is 36.0 Å². The highest BCUT2D eigenvalue weighted by Gasteiger charge is 2.08. The van der Waals surface area contributed by atoms with E-state index in [-0.39, 0.29) is 11.6 Å². The zero-order valence-electron chi connectivity index (χ0n) is 9.75. The number of benzene rings is 1. The number of nitrogens with zero attached hydrogens (tertiary/aromatic N) is 2. The van der Waals surface area contributed by atoms with Crippen molar-refractivity contribution >= 4 is 17.6 Å². The predicted molar refractivity (Wildman–Crippen MR) is 67.6 cm³/mol. The first-order valence-electron chi connectivity index (χ1n) is 5.18. The summed E-state index contributed by atoms with van der Waals surface area (Å²) in [6, 6.07) is 6.84. The first-order valence-corrected chi connectivity index (χ1v) is 5.18. The maximum atomic E-state index is 11.4. The number of nitrogen functional groups attached to an aromatic ring is 2. The molecule has 0 spiro atoms. The number of ether oxygens (including phenoxy) is 1. The number of carbonyl (C=O) groups excluding carboxylic acids is 1. The van der Waals surface area contributed by atoms with Crippen LogP contribution in [0.1, 0.15) is 10.4 Å². The van der Waals surface area contributed by atoms with E-state index in [4.69, 9.17) is 11.5 Å². The van der Waals surface area contributed by atoms with Gasteiger partial charge in [-0.1, -0.05) is 12.1 Å². The van der Waals surface area contributed by atoms with Gasteiger partial charge in [0.05, 0.1) is 24.6 Å². The molecule has 2 aromatic rings. The lowest BCUT2D eigenvalue weighted by Crippen LogP contribution is -2.03. The normalized spacial score (nSPS) is 10.1. The SMILES string of the molecule is COC(=O)c1cccc(-c2cnc(N)c(N)n2)c1.